The van der Waals surface area contributed by atoms with Gasteiger partial charge in [-0.1, -0.05) is 49.3 Å². The molecule has 2 N–H and O–H groups in total. The van der Waals surface area contributed by atoms with E-state index in [1.165, 1.54) is 17.3 Å². The van der Waals surface area contributed by atoms with E-state index in [1.54, 1.807) is 35.9 Å². The molecule has 3 aromatic rings. The van der Waals surface area contributed by atoms with Gasteiger partial charge in [0.05, 0.1) is 12.3 Å². The van der Waals surface area contributed by atoms with Crippen molar-refractivity contribution in [1.82, 2.24) is 20.1 Å². The Balaban J connectivity index is 1.49. The van der Waals surface area contributed by atoms with E-state index in [0.717, 1.165) is 5.69 Å². The fourth-order valence-electron chi connectivity index (χ4n) is 2.77. The topological polar surface area (TPSA) is 88.9 Å². The molecule has 7 nitrogen and oxygen atoms in total. The number of aromatic nitrogens is 3. The van der Waals surface area contributed by atoms with Gasteiger partial charge < -0.3 is 15.2 Å². The van der Waals surface area contributed by atoms with Gasteiger partial charge in [-0.3, -0.25) is 9.59 Å². The van der Waals surface area contributed by atoms with E-state index in [4.69, 9.17) is 11.6 Å². The number of carbonyl (C=O) groups excluding carboxylic acids is 2. The van der Waals surface area contributed by atoms with Gasteiger partial charge in [-0.15, -0.1) is 10.2 Å². The average Bonchev–Trinajstić information content (AvgIpc) is 3.11. The second-order valence-corrected chi connectivity index (χ2v) is 8.64. The zero-order valence-electron chi connectivity index (χ0n) is 17.6. The first-order valence-electron chi connectivity index (χ1n) is 9.78. The number of amides is 2. The lowest BCUT2D eigenvalue weighted by Crippen LogP contribution is -2.24. The first-order chi connectivity index (χ1) is 14.8. The highest BCUT2D eigenvalue weighted by Gasteiger charge is 2.13. The second-order valence-electron chi connectivity index (χ2n) is 7.26. The van der Waals surface area contributed by atoms with Crippen LogP contribution in [0.1, 0.15) is 41.5 Å². The molecule has 2 aromatic carbocycles. The Kier molecular flexibility index (Phi) is 7.70. The van der Waals surface area contributed by atoms with Crippen molar-refractivity contribution in [1.29, 1.82) is 0 Å². The Morgan fingerprint density at radius 3 is 2.39 bits per heavy atom. The van der Waals surface area contributed by atoms with Gasteiger partial charge in [-0.05, 0) is 47.9 Å². The number of hydrogen-bond donors (Lipinski definition) is 2. The van der Waals surface area contributed by atoms with E-state index in [9.17, 15) is 9.59 Å². The Morgan fingerprint density at radius 2 is 1.74 bits per heavy atom. The van der Waals surface area contributed by atoms with Crippen molar-refractivity contribution in [3.05, 3.63) is 70.5 Å². The molecule has 162 valence electrons. The highest BCUT2D eigenvalue weighted by atomic mass is 35.5. The van der Waals surface area contributed by atoms with Gasteiger partial charge in [0.25, 0.3) is 5.91 Å². The van der Waals surface area contributed by atoms with E-state index in [-0.39, 0.29) is 24.1 Å². The fraction of sp³-hybridized carbons (Fsp3) is 0.273. The molecule has 0 aliphatic rings. The summed E-state index contributed by atoms with van der Waals surface area (Å²) < 4.78 is 1.76. The van der Waals surface area contributed by atoms with Crippen LogP contribution in [0, 0.1) is 0 Å². The van der Waals surface area contributed by atoms with Crippen LogP contribution in [0.4, 0.5) is 5.69 Å². The third-order valence-electron chi connectivity index (χ3n) is 4.63. The molecular formula is C22H24ClN5O2S. The number of anilines is 1. The van der Waals surface area contributed by atoms with Crippen molar-refractivity contribution < 1.29 is 9.59 Å². The summed E-state index contributed by atoms with van der Waals surface area (Å²) in [6.45, 7) is 4.48. The van der Waals surface area contributed by atoms with Crippen LogP contribution >= 0.6 is 23.4 Å². The van der Waals surface area contributed by atoms with Crippen LogP contribution in [0.15, 0.2) is 53.7 Å². The van der Waals surface area contributed by atoms with Gasteiger partial charge >= 0.3 is 0 Å². The van der Waals surface area contributed by atoms with Crippen molar-refractivity contribution in [3.63, 3.8) is 0 Å². The molecule has 0 radical (unpaired) electrons. The van der Waals surface area contributed by atoms with E-state index >= 15 is 0 Å². The number of rotatable bonds is 8. The molecule has 1 heterocycles. The monoisotopic (exact) mass is 457 g/mol. The van der Waals surface area contributed by atoms with Crippen LogP contribution in [0.5, 0.6) is 0 Å². The quantitative estimate of drug-likeness (QED) is 0.493. The molecule has 0 spiro atoms. The van der Waals surface area contributed by atoms with Gasteiger partial charge in [-0.25, -0.2) is 0 Å². The molecule has 3 rings (SSSR count). The van der Waals surface area contributed by atoms with Crippen LogP contribution in [-0.4, -0.2) is 32.3 Å². The molecule has 0 aliphatic carbocycles. The molecule has 0 atom stereocenters. The van der Waals surface area contributed by atoms with Gasteiger partial charge in [0, 0.05) is 23.3 Å². The van der Waals surface area contributed by atoms with Crippen molar-refractivity contribution in [3.8, 4) is 0 Å². The molecule has 1 aromatic heterocycles. The molecule has 0 aliphatic heterocycles. The molecule has 0 bridgehead atoms. The van der Waals surface area contributed by atoms with E-state index in [2.05, 4.69) is 34.7 Å². The maximum absolute atomic E-state index is 12.3. The lowest BCUT2D eigenvalue weighted by atomic mass is 10.0. The normalized spacial score (nSPS) is 10.9. The third kappa shape index (κ3) is 6.32. The molecule has 2 amide bonds. The predicted molar refractivity (Wildman–Crippen MR) is 124 cm³/mol. The summed E-state index contributed by atoms with van der Waals surface area (Å²) in [6, 6.07) is 14.5. The minimum absolute atomic E-state index is 0.122. The summed E-state index contributed by atoms with van der Waals surface area (Å²) in [5, 5.41) is 15.1. The molecule has 31 heavy (non-hydrogen) atoms. The van der Waals surface area contributed by atoms with E-state index in [1.807, 2.05) is 24.3 Å². The van der Waals surface area contributed by atoms with Crippen molar-refractivity contribution in [2.24, 2.45) is 7.05 Å². The Morgan fingerprint density at radius 1 is 1.06 bits per heavy atom. The summed E-state index contributed by atoms with van der Waals surface area (Å²) in [7, 11) is 1.80. The smallest absolute Gasteiger partial charge is 0.251 e. The Hall–Kier alpha value is -2.84. The molecule has 0 unspecified atom stereocenters. The van der Waals surface area contributed by atoms with E-state index < -0.39 is 0 Å². The molecular weight excluding hydrogens is 434 g/mol. The largest absolute Gasteiger partial charge is 0.345 e. The number of hydrogen-bond acceptors (Lipinski definition) is 5. The zero-order valence-corrected chi connectivity index (χ0v) is 19.1. The zero-order chi connectivity index (χ0) is 22.4. The number of benzene rings is 2. The van der Waals surface area contributed by atoms with Gasteiger partial charge in [0.15, 0.2) is 11.0 Å². The SMILES string of the molecule is CC(C)c1ccc(NC(=O)CSc2nnc(CNC(=O)c3ccc(Cl)cc3)n2C)cc1. The summed E-state index contributed by atoms with van der Waals surface area (Å²) in [5.74, 6) is 0.894. The minimum Gasteiger partial charge on any atom is -0.345 e. The highest BCUT2D eigenvalue weighted by molar-refractivity contribution is 7.99. The second kappa shape index (κ2) is 10.5. The van der Waals surface area contributed by atoms with E-state index in [0.29, 0.717) is 27.5 Å². The molecule has 0 fully saturated rings. The van der Waals surface area contributed by atoms with Crippen molar-refractivity contribution in [2.75, 3.05) is 11.1 Å². The summed E-state index contributed by atoms with van der Waals surface area (Å²) >= 11 is 7.13. The Bertz CT molecular complexity index is 1050. The van der Waals surface area contributed by atoms with Crippen LogP contribution in [0.2, 0.25) is 5.02 Å². The number of nitrogens with one attached hydrogen (secondary N) is 2. The average molecular weight is 458 g/mol. The van der Waals surface area contributed by atoms with Crippen molar-refractivity contribution in [2.45, 2.75) is 31.5 Å². The van der Waals surface area contributed by atoms with Gasteiger partial charge in [0.1, 0.15) is 0 Å². The van der Waals surface area contributed by atoms with Crippen LogP contribution in [0.3, 0.4) is 0 Å². The maximum Gasteiger partial charge on any atom is 0.251 e. The molecule has 0 saturated heterocycles. The molecule has 9 heteroatoms. The van der Waals surface area contributed by atoms with Crippen LogP contribution < -0.4 is 10.6 Å². The first-order valence-corrected chi connectivity index (χ1v) is 11.1. The lowest BCUT2D eigenvalue weighted by molar-refractivity contribution is -0.113. The van der Waals surface area contributed by atoms with Gasteiger partial charge in [0.2, 0.25) is 5.91 Å². The number of carbonyl (C=O) groups is 2. The number of thioether (sulfide) groups is 1. The summed E-state index contributed by atoms with van der Waals surface area (Å²) in [5.41, 5.74) is 2.50. The lowest BCUT2D eigenvalue weighted by Gasteiger charge is -2.08. The maximum atomic E-state index is 12.3. The van der Waals surface area contributed by atoms with Gasteiger partial charge in [-0.2, -0.15) is 0 Å². The Labute approximate surface area is 190 Å². The summed E-state index contributed by atoms with van der Waals surface area (Å²) in [6.07, 6.45) is 0. The third-order valence-corrected chi connectivity index (χ3v) is 5.90. The molecule has 0 saturated carbocycles. The number of halogens is 1. The standard InChI is InChI=1S/C22H24ClN5O2S/c1-14(2)15-6-10-18(11-7-15)25-20(29)13-31-22-27-26-19(28(22)3)12-24-21(30)16-4-8-17(23)9-5-16/h4-11,14H,12-13H2,1-3H3,(H,24,30)(H,25,29). The van der Waals surface area contributed by atoms with Crippen molar-refractivity contribution >= 4 is 40.9 Å². The first kappa shape index (κ1) is 22.8. The predicted octanol–water partition coefficient (Wildman–Crippen LogP) is 4.25. The van der Waals surface area contributed by atoms with Crippen LogP contribution in [-0.2, 0) is 18.4 Å². The highest BCUT2D eigenvalue weighted by Crippen LogP contribution is 2.19. The number of nitrogens with zero attached hydrogens (tertiary/aromatic N) is 3. The fourth-order valence-corrected chi connectivity index (χ4v) is 3.62. The minimum atomic E-state index is -0.225. The summed E-state index contributed by atoms with van der Waals surface area (Å²) in [4.78, 5) is 24.5. The van der Waals surface area contributed by atoms with Crippen LogP contribution in [0.25, 0.3) is 0 Å².